The van der Waals surface area contributed by atoms with Crippen LogP contribution in [0.25, 0.3) is 11.2 Å². The number of para-hydroxylation sites is 1. The van der Waals surface area contributed by atoms with Crippen molar-refractivity contribution in [1.29, 1.82) is 0 Å². The van der Waals surface area contributed by atoms with Crippen LogP contribution < -0.4 is 14.9 Å². The van der Waals surface area contributed by atoms with Crippen molar-refractivity contribution < 1.29 is 32.8 Å². The monoisotopic (exact) mass is 616 g/mol. The van der Waals surface area contributed by atoms with Crippen molar-refractivity contribution in [2.45, 2.75) is 50.9 Å². The first-order valence-electron chi connectivity index (χ1n) is 12.4. The number of imidazole rings is 1. The summed E-state index contributed by atoms with van der Waals surface area (Å²) in [5.41, 5.74) is -1.01. The van der Waals surface area contributed by atoms with Gasteiger partial charge in [-0.2, -0.15) is 0 Å². The highest BCUT2D eigenvalue weighted by Crippen LogP contribution is 2.49. The lowest BCUT2D eigenvalue weighted by molar-refractivity contribution is -0.144. The number of ether oxygens (including phenoxy) is 2. The van der Waals surface area contributed by atoms with Crippen molar-refractivity contribution in [2.24, 2.45) is 0 Å². The Balaban J connectivity index is 1.61. The maximum atomic E-state index is 15.7. The van der Waals surface area contributed by atoms with E-state index in [1.54, 1.807) is 58.2 Å². The van der Waals surface area contributed by atoms with E-state index < -0.39 is 49.4 Å². The summed E-state index contributed by atoms with van der Waals surface area (Å²) in [5, 5.41) is 16.9. The molecule has 0 radical (unpaired) electrons. The molecule has 1 saturated heterocycles. The summed E-state index contributed by atoms with van der Waals surface area (Å²) in [7, 11) is 1.68. The summed E-state index contributed by atoms with van der Waals surface area (Å²) in [6.07, 6.45) is -3.60. The number of nitrogens with zero attached hydrogens (tertiary/aromatic N) is 4. The summed E-state index contributed by atoms with van der Waals surface area (Å²) in [5.74, 6) is 0.364. The molecule has 2 aromatic heterocycles. The third-order valence-corrected chi connectivity index (χ3v) is 9.11. The Morgan fingerprint density at radius 3 is 2.75 bits per heavy atom. The minimum Gasteiger partial charge on any atom is -0.465 e. The Hall–Kier alpha value is -2.45. The van der Waals surface area contributed by atoms with E-state index in [2.05, 4.69) is 25.4 Å². The van der Waals surface area contributed by atoms with Crippen LogP contribution in [-0.4, -0.2) is 80.7 Å². The molecule has 1 aliphatic heterocycles. The molecule has 3 heterocycles. The molecule has 0 spiro atoms. The van der Waals surface area contributed by atoms with Crippen molar-refractivity contribution >= 4 is 53.0 Å². The lowest BCUT2D eigenvalue weighted by Crippen LogP contribution is -2.48. The Morgan fingerprint density at radius 1 is 1.38 bits per heavy atom. The Labute approximate surface area is 240 Å². The first kappa shape index (κ1) is 30.5. The van der Waals surface area contributed by atoms with Crippen LogP contribution in [0, 0.1) is 6.92 Å². The van der Waals surface area contributed by atoms with Crippen LogP contribution in [0.1, 0.15) is 25.9 Å². The lowest BCUT2D eigenvalue weighted by Gasteiger charge is -2.33. The number of nitrogens with one attached hydrogen (secondary N) is 2. The number of hydrogen-bond acceptors (Lipinski definition) is 11. The van der Waals surface area contributed by atoms with Crippen molar-refractivity contribution in [1.82, 2.24) is 24.6 Å². The number of halogens is 2. The van der Waals surface area contributed by atoms with Gasteiger partial charge in [0.05, 0.1) is 25.4 Å². The smallest absolute Gasteiger partial charge is 0.323 e. The maximum Gasteiger partial charge on any atom is 0.323 e. The number of anilines is 1. The Bertz CT molecular complexity index is 1390. The molecule has 12 nitrogen and oxygen atoms in total. The zero-order valence-corrected chi connectivity index (χ0v) is 24.8. The number of aliphatic hydroxyl groups is 1. The van der Waals surface area contributed by atoms with E-state index >= 15 is 4.39 Å². The number of benzene rings is 1. The van der Waals surface area contributed by atoms with Crippen LogP contribution in [0.15, 0.2) is 36.7 Å². The molecule has 1 fully saturated rings. The molecule has 4 rings (SSSR count). The van der Waals surface area contributed by atoms with Crippen LogP contribution in [0.4, 0.5) is 10.2 Å². The van der Waals surface area contributed by atoms with Crippen LogP contribution >= 0.6 is 18.2 Å². The maximum absolute atomic E-state index is 15.7. The minimum absolute atomic E-state index is 0.173. The standard InChI is InChI=1S/C24H31ClFN6O6PS/c1-5-35-23(34)14(2)31-39(40,38-16-9-7-6-8-10-16)36-12-24(11-25)19(33)17(26)22(37-24)32-13-28-18-20(27-4)29-15(3)30-21(18)32/h6-10,13-14,17,19,22,33H,5,11-12H2,1-4H3,(H,31,40)(H,27,29,30)/t14-,17-,19+,22-,24-,39?/m1/s1. The van der Waals surface area contributed by atoms with E-state index in [9.17, 15) is 9.90 Å². The van der Waals surface area contributed by atoms with Crippen LogP contribution in [0.2, 0.25) is 0 Å². The topological polar surface area (TPSA) is 142 Å². The van der Waals surface area contributed by atoms with Gasteiger partial charge in [0.1, 0.15) is 29.3 Å². The van der Waals surface area contributed by atoms with Crippen molar-refractivity contribution in [2.75, 3.05) is 31.5 Å². The average molecular weight is 617 g/mol. The van der Waals surface area contributed by atoms with E-state index in [0.717, 1.165) is 0 Å². The van der Waals surface area contributed by atoms with Gasteiger partial charge in [0.2, 0.25) is 0 Å². The molecule has 3 aromatic rings. The van der Waals surface area contributed by atoms with Crippen LogP contribution in [-0.2, 0) is 30.6 Å². The van der Waals surface area contributed by atoms with Gasteiger partial charge in [0, 0.05) is 7.05 Å². The second kappa shape index (κ2) is 12.6. The molecule has 3 N–H and O–H groups in total. The quantitative estimate of drug-likeness (QED) is 0.156. The highest BCUT2D eigenvalue weighted by molar-refractivity contribution is 8.09. The molecule has 16 heteroatoms. The first-order chi connectivity index (χ1) is 19.1. The predicted octanol–water partition coefficient (Wildman–Crippen LogP) is 3.24. The van der Waals surface area contributed by atoms with Crippen molar-refractivity contribution in [3.63, 3.8) is 0 Å². The van der Waals surface area contributed by atoms with Crippen molar-refractivity contribution in [3.8, 4) is 5.75 Å². The number of alkyl halides is 2. The largest absolute Gasteiger partial charge is 0.465 e. The number of esters is 1. The van der Waals surface area contributed by atoms with Gasteiger partial charge in [0.15, 0.2) is 29.4 Å². The molecule has 218 valence electrons. The normalized spacial score (nSPS) is 24.9. The van der Waals surface area contributed by atoms with Crippen LogP contribution in [0.3, 0.4) is 0 Å². The van der Waals surface area contributed by atoms with Crippen LogP contribution in [0.5, 0.6) is 5.75 Å². The number of hydrogen-bond donors (Lipinski definition) is 3. The predicted molar refractivity (Wildman–Crippen MR) is 151 cm³/mol. The van der Waals surface area contributed by atoms with Gasteiger partial charge in [-0.15, -0.1) is 11.6 Å². The molecule has 6 atom stereocenters. The third-order valence-electron chi connectivity index (χ3n) is 6.18. The van der Waals surface area contributed by atoms with Gasteiger partial charge in [-0.05, 0) is 44.7 Å². The summed E-state index contributed by atoms with van der Waals surface area (Å²) in [6.45, 7) is 1.14. The summed E-state index contributed by atoms with van der Waals surface area (Å²) >= 11 is 12.0. The number of aryl methyl sites for hydroxylation is 1. The first-order valence-corrected chi connectivity index (χ1v) is 15.6. The second-order valence-electron chi connectivity index (χ2n) is 9.07. The number of aromatic nitrogens is 4. The molecule has 0 bridgehead atoms. The van der Waals surface area contributed by atoms with E-state index in [0.29, 0.717) is 28.6 Å². The number of carbonyl (C=O) groups is 1. The summed E-state index contributed by atoms with van der Waals surface area (Å²) in [6, 6.07) is 7.73. The van der Waals surface area contributed by atoms with Gasteiger partial charge >= 0.3 is 12.6 Å². The Morgan fingerprint density at radius 2 is 2.10 bits per heavy atom. The number of aliphatic hydroxyl groups excluding tert-OH is 1. The van der Waals surface area contributed by atoms with Crippen molar-refractivity contribution in [3.05, 3.63) is 42.5 Å². The molecule has 1 aromatic carbocycles. The number of fused-ring (bicyclic) bond motifs is 1. The molecular formula is C24H31ClFN6O6PS. The molecule has 40 heavy (non-hydrogen) atoms. The molecule has 1 unspecified atom stereocenters. The number of rotatable bonds is 12. The lowest BCUT2D eigenvalue weighted by atomic mass is 9.99. The van der Waals surface area contributed by atoms with Gasteiger partial charge < -0.3 is 28.9 Å². The van der Waals surface area contributed by atoms with E-state index in [1.807, 2.05) is 0 Å². The fourth-order valence-corrected chi connectivity index (χ4v) is 6.88. The van der Waals surface area contributed by atoms with E-state index in [1.165, 1.54) is 10.9 Å². The average Bonchev–Trinajstić information content (AvgIpc) is 3.46. The second-order valence-corrected chi connectivity index (χ2v) is 12.5. The zero-order valence-electron chi connectivity index (χ0n) is 22.3. The summed E-state index contributed by atoms with van der Waals surface area (Å²) in [4.78, 5) is 25.3. The highest BCUT2D eigenvalue weighted by Gasteiger charge is 2.57. The molecular weight excluding hydrogens is 586 g/mol. The fourth-order valence-electron chi connectivity index (χ4n) is 4.15. The SMILES string of the molecule is CCOC(=O)[C@@H](C)NP(=S)(OC[C@@]1(CCl)O[C@@H](n2cnc3c(NC)nc(C)nc32)[C@H](F)[C@@H]1O)Oc1ccccc1. The van der Waals surface area contributed by atoms with E-state index in [4.69, 9.17) is 41.9 Å². The number of carbonyl (C=O) groups excluding carboxylic acids is 1. The van der Waals surface area contributed by atoms with Gasteiger partial charge in [-0.3, -0.25) is 9.36 Å². The molecule has 0 aliphatic carbocycles. The Kier molecular flexibility index (Phi) is 9.61. The molecule has 0 amide bonds. The van der Waals surface area contributed by atoms with E-state index in [-0.39, 0.29) is 12.5 Å². The fraction of sp³-hybridized carbons (Fsp3) is 0.500. The van der Waals surface area contributed by atoms with Gasteiger partial charge in [0.25, 0.3) is 0 Å². The third kappa shape index (κ3) is 6.23. The molecule has 0 saturated carbocycles. The molecule has 1 aliphatic rings. The van der Waals surface area contributed by atoms with Gasteiger partial charge in [-0.25, -0.2) is 24.4 Å². The highest BCUT2D eigenvalue weighted by atomic mass is 35.5. The minimum atomic E-state index is -3.50. The zero-order chi connectivity index (χ0) is 29.1. The summed E-state index contributed by atoms with van der Waals surface area (Å²) < 4.78 is 40.2. The van der Waals surface area contributed by atoms with Gasteiger partial charge in [-0.1, -0.05) is 18.2 Å².